The Morgan fingerprint density at radius 1 is 1.37 bits per heavy atom. The van der Waals surface area contributed by atoms with Gasteiger partial charge in [-0.05, 0) is 32.4 Å². The number of benzene rings is 1. The number of hydrogen-bond acceptors (Lipinski definition) is 5. The highest BCUT2D eigenvalue weighted by molar-refractivity contribution is 5.93. The number of nitro groups is 1. The second kappa shape index (κ2) is 7.65. The summed E-state index contributed by atoms with van der Waals surface area (Å²) in [4.78, 5) is 39.9. The number of hydrogen-bond donors (Lipinski definition) is 2. The first-order valence-corrected chi connectivity index (χ1v) is 8.46. The van der Waals surface area contributed by atoms with Crippen LogP contribution in [0.3, 0.4) is 0 Å². The van der Waals surface area contributed by atoms with Crippen molar-refractivity contribution in [3.05, 3.63) is 40.1 Å². The number of rotatable bonds is 5. The van der Waals surface area contributed by atoms with Crippen molar-refractivity contribution in [1.29, 1.82) is 0 Å². The van der Waals surface area contributed by atoms with Gasteiger partial charge < -0.3 is 15.0 Å². The Balaban J connectivity index is 2.40. The van der Waals surface area contributed by atoms with Crippen molar-refractivity contribution in [1.82, 2.24) is 15.2 Å². The highest BCUT2D eigenvalue weighted by Crippen LogP contribution is 2.30. The molecule has 0 aliphatic rings. The lowest BCUT2D eigenvalue weighted by Crippen LogP contribution is -2.49. The minimum atomic E-state index is -0.885. The third-order valence-corrected chi connectivity index (χ3v) is 4.07. The number of nitrogens with zero attached hydrogens (tertiary/aromatic N) is 2. The summed E-state index contributed by atoms with van der Waals surface area (Å²) in [5.41, 5.74) is 0.397. The van der Waals surface area contributed by atoms with Crippen molar-refractivity contribution < 1.29 is 19.2 Å². The number of amides is 2. The molecule has 1 aromatic heterocycles. The fraction of sp³-hybridized carbons (Fsp3) is 0.444. The van der Waals surface area contributed by atoms with Gasteiger partial charge in [-0.1, -0.05) is 6.07 Å². The molecule has 0 fully saturated rings. The van der Waals surface area contributed by atoms with Gasteiger partial charge in [0.2, 0.25) is 5.91 Å². The lowest BCUT2D eigenvalue weighted by molar-refractivity contribution is -0.383. The molecule has 0 unspecified atom stereocenters. The maximum absolute atomic E-state index is 12.4. The zero-order chi connectivity index (χ0) is 20.4. The highest BCUT2D eigenvalue weighted by atomic mass is 16.6. The van der Waals surface area contributed by atoms with Gasteiger partial charge in [-0.3, -0.25) is 19.8 Å². The van der Waals surface area contributed by atoms with Gasteiger partial charge in [0.15, 0.2) is 0 Å². The maximum atomic E-state index is 12.4. The average molecular weight is 376 g/mol. The Morgan fingerprint density at radius 3 is 2.59 bits per heavy atom. The molecule has 2 amide bonds. The van der Waals surface area contributed by atoms with E-state index in [-0.39, 0.29) is 12.1 Å². The molecular formula is C18H24N4O5. The predicted octanol–water partition coefficient (Wildman–Crippen LogP) is 2.60. The molecule has 27 heavy (non-hydrogen) atoms. The van der Waals surface area contributed by atoms with E-state index in [1.165, 1.54) is 25.1 Å². The fourth-order valence-electron chi connectivity index (χ4n) is 2.79. The van der Waals surface area contributed by atoms with Gasteiger partial charge in [-0.25, -0.2) is 4.79 Å². The predicted molar refractivity (Wildman–Crippen MR) is 101 cm³/mol. The standard InChI is InChI=1S/C18H24N4O5/c1-18(2,3)27-17(24)21(5)14(16(23)19-4)9-11-10-20-12-7-6-8-13(15(11)12)22(25)26/h6-8,10,14,20H,9H2,1-5H3,(H,19,23)/t14-/m1/s1. The van der Waals surface area contributed by atoms with Crippen LogP contribution in [0, 0.1) is 10.1 Å². The van der Waals surface area contributed by atoms with Crippen molar-refractivity contribution in [3.63, 3.8) is 0 Å². The van der Waals surface area contributed by atoms with Gasteiger partial charge in [-0.2, -0.15) is 0 Å². The number of aromatic amines is 1. The van der Waals surface area contributed by atoms with Crippen LogP contribution < -0.4 is 5.32 Å². The van der Waals surface area contributed by atoms with Gasteiger partial charge >= 0.3 is 6.09 Å². The third-order valence-electron chi connectivity index (χ3n) is 4.07. The van der Waals surface area contributed by atoms with Crippen LogP contribution in [0.15, 0.2) is 24.4 Å². The summed E-state index contributed by atoms with van der Waals surface area (Å²) in [7, 11) is 2.94. The molecule has 0 bridgehead atoms. The fourth-order valence-corrected chi connectivity index (χ4v) is 2.79. The van der Waals surface area contributed by atoms with Crippen LogP contribution in [0.25, 0.3) is 10.9 Å². The molecule has 9 heteroatoms. The summed E-state index contributed by atoms with van der Waals surface area (Å²) in [6.07, 6.45) is 1.07. The summed E-state index contributed by atoms with van der Waals surface area (Å²) in [6, 6.07) is 3.83. The SMILES string of the molecule is CNC(=O)[C@@H](Cc1c[nH]c2cccc([N+](=O)[O-])c12)N(C)C(=O)OC(C)(C)C. The Bertz CT molecular complexity index is 868. The summed E-state index contributed by atoms with van der Waals surface area (Å²) < 4.78 is 5.33. The van der Waals surface area contributed by atoms with E-state index in [1.807, 2.05) is 0 Å². The first-order valence-electron chi connectivity index (χ1n) is 8.46. The van der Waals surface area contributed by atoms with E-state index in [0.29, 0.717) is 16.5 Å². The highest BCUT2D eigenvalue weighted by Gasteiger charge is 2.31. The number of likely N-dealkylation sites (N-methyl/N-ethyl adjacent to an activating group) is 2. The molecule has 9 nitrogen and oxygen atoms in total. The smallest absolute Gasteiger partial charge is 0.410 e. The van der Waals surface area contributed by atoms with Crippen LogP contribution in [0.5, 0.6) is 0 Å². The van der Waals surface area contributed by atoms with E-state index in [9.17, 15) is 19.7 Å². The minimum absolute atomic E-state index is 0.0562. The molecule has 0 spiro atoms. The first-order chi connectivity index (χ1) is 12.5. The van der Waals surface area contributed by atoms with Crippen molar-refractivity contribution in [2.75, 3.05) is 14.1 Å². The molecule has 2 N–H and O–H groups in total. The van der Waals surface area contributed by atoms with Crippen LogP contribution in [-0.2, 0) is 16.0 Å². The number of fused-ring (bicyclic) bond motifs is 1. The van der Waals surface area contributed by atoms with Crippen LogP contribution in [0.1, 0.15) is 26.3 Å². The van der Waals surface area contributed by atoms with Gasteiger partial charge in [0, 0.05) is 32.8 Å². The molecule has 146 valence electrons. The second-order valence-corrected chi connectivity index (χ2v) is 7.20. The van der Waals surface area contributed by atoms with Crippen molar-refractivity contribution in [2.45, 2.75) is 38.8 Å². The van der Waals surface area contributed by atoms with E-state index in [1.54, 1.807) is 39.1 Å². The van der Waals surface area contributed by atoms with Gasteiger partial charge in [0.05, 0.1) is 15.8 Å². The number of non-ortho nitro benzene ring substituents is 1. The molecule has 1 aromatic carbocycles. The summed E-state index contributed by atoms with van der Waals surface area (Å²) in [5.74, 6) is -0.392. The summed E-state index contributed by atoms with van der Waals surface area (Å²) in [5, 5.41) is 14.3. The molecule has 0 saturated carbocycles. The van der Waals surface area contributed by atoms with E-state index in [0.717, 1.165) is 0 Å². The molecule has 0 aliphatic carbocycles. The Hall–Kier alpha value is -3.10. The van der Waals surface area contributed by atoms with E-state index < -0.39 is 28.6 Å². The number of nitro benzene ring substituents is 1. The van der Waals surface area contributed by atoms with Crippen LogP contribution in [0.4, 0.5) is 10.5 Å². The number of H-pyrrole nitrogens is 1. The third kappa shape index (κ3) is 4.55. The zero-order valence-electron chi connectivity index (χ0n) is 16.0. The second-order valence-electron chi connectivity index (χ2n) is 7.20. The van der Waals surface area contributed by atoms with Crippen molar-refractivity contribution in [3.8, 4) is 0 Å². The summed E-state index contributed by atoms with van der Waals surface area (Å²) in [6.45, 7) is 5.20. The average Bonchev–Trinajstić information content (AvgIpc) is 2.99. The largest absolute Gasteiger partial charge is 0.444 e. The van der Waals surface area contributed by atoms with E-state index in [2.05, 4.69) is 10.3 Å². The Kier molecular flexibility index (Phi) is 5.72. The number of nitrogens with one attached hydrogen (secondary N) is 2. The quantitative estimate of drug-likeness (QED) is 0.614. The van der Waals surface area contributed by atoms with Gasteiger partial charge in [0.25, 0.3) is 5.69 Å². The molecule has 1 heterocycles. The molecule has 0 saturated heterocycles. The molecule has 1 atom stereocenters. The molecular weight excluding hydrogens is 352 g/mol. The van der Waals surface area contributed by atoms with Crippen molar-refractivity contribution >= 4 is 28.6 Å². The number of ether oxygens (including phenoxy) is 1. The number of carbonyl (C=O) groups excluding carboxylic acids is 2. The normalized spacial score (nSPS) is 12.5. The molecule has 2 rings (SSSR count). The first kappa shape index (κ1) is 20.2. The molecule has 2 aromatic rings. The Labute approximate surface area is 156 Å². The van der Waals surface area contributed by atoms with Gasteiger partial charge in [-0.15, -0.1) is 0 Å². The van der Waals surface area contributed by atoms with Crippen LogP contribution >= 0.6 is 0 Å². The van der Waals surface area contributed by atoms with E-state index in [4.69, 9.17) is 4.74 Å². The lowest BCUT2D eigenvalue weighted by Gasteiger charge is -2.29. The molecule has 0 radical (unpaired) electrons. The van der Waals surface area contributed by atoms with Gasteiger partial charge in [0.1, 0.15) is 11.6 Å². The zero-order valence-corrected chi connectivity index (χ0v) is 16.0. The van der Waals surface area contributed by atoms with E-state index >= 15 is 0 Å². The maximum Gasteiger partial charge on any atom is 0.410 e. The minimum Gasteiger partial charge on any atom is -0.444 e. The summed E-state index contributed by atoms with van der Waals surface area (Å²) >= 11 is 0. The van der Waals surface area contributed by atoms with Crippen molar-refractivity contribution in [2.24, 2.45) is 0 Å². The topological polar surface area (TPSA) is 118 Å². The Morgan fingerprint density at radius 2 is 2.04 bits per heavy atom. The number of carbonyl (C=O) groups is 2. The number of aromatic nitrogens is 1. The lowest BCUT2D eigenvalue weighted by atomic mass is 10.0. The monoisotopic (exact) mass is 376 g/mol. The van der Waals surface area contributed by atoms with Crippen LogP contribution in [0.2, 0.25) is 0 Å². The molecule has 0 aliphatic heterocycles. The van der Waals surface area contributed by atoms with Crippen LogP contribution in [-0.4, -0.2) is 52.5 Å².